The van der Waals surface area contributed by atoms with Crippen LogP contribution in [0.2, 0.25) is 0 Å². The number of ketones is 1. The number of amides is 1. The molecule has 0 spiro atoms. The van der Waals surface area contributed by atoms with E-state index in [0.717, 1.165) is 31.2 Å². The van der Waals surface area contributed by atoms with Gasteiger partial charge < -0.3 is 5.32 Å². The number of hydrogen-bond donors (Lipinski definition) is 1. The van der Waals surface area contributed by atoms with Crippen LogP contribution in [0.25, 0.3) is 0 Å². The summed E-state index contributed by atoms with van der Waals surface area (Å²) in [6.45, 7) is 9.26. The highest BCUT2D eigenvalue weighted by molar-refractivity contribution is 7.91. The van der Waals surface area contributed by atoms with Gasteiger partial charge in [0.2, 0.25) is 0 Å². The van der Waals surface area contributed by atoms with Crippen LogP contribution in [-0.4, -0.2) is 36.6 Å². The smallest absolute Gasteiger partial charge is 0.251 e. The molecule has 1 fully saturated rings. The summed E-state index contributed by atoms with van der Waals surface area (Å²) in [5.74, 6) is 0.514. The first kappa shape index (κ1) is 23.6. The second kappa shape index (κ2) is 9.41. The van der Waals surface area contributed by atoms with Gasteiger partial charge in [0, 0.05) is 23.4 Å². The molecular weight excluding hydrogens is 386 g/mol. The van der Waals surface area contributed by atoms with Crippen molar-refractivity contribution >= 4 is 21.5 Å². The van der Waals surface area contributed by atoms with Gasteiger partial charge >= 0.3 is 0 Å². The molecule has 0 heterocycles. The van der Waals surface area contributed by atoms with E-state index >= 15 is 0 Å². The fraction of sp³-hybridized carbons (Fsp3) is 0.652. The molecule has 1 aromatic carbocycles. The van der Waals surface area contributed by atoms with Crippen molar-refractivity contribution < 1.29 is 18.0 Å². The molecule has 1 N–H and O–H groups in total. The van der Waals surface area contributed by atoms with Crippen molar-refractivity contribution in [3.05, 3.63) is 35.4 Å². The van der Waals surface area contributed by atoms with Crippen LogP contribution in [0.3, 0.4) is 0 Å². The van der Waals surface area contributed by atoms with Gasteiger partial charge in [-0.1, -0.05) is 12.1 Å². The number of nitrogens with one attached hydrogen (secondary N) is 1. The van der Waals surface area contributed by atoms with E-state index in [4.69, 9.17) is 0 Å². The third-order valence-electron chi connectivity index (χ3n) is 5.57. The van der Waals surface area contributed by atoms with Crippen LogP contribution in [0, 0.1) is 11.8 Å². The molecule has 2 rings (SSSR count). The number of hydrogen-bond acceptors (Lipinski definition) is 4. The molecule has 0 aliphatic heterocycles. The number of carbonyl (C=O) groups excluding carboxylic acids is 2. The number of benzene rings is 1. The van der Waals surface area contributed by atoms with Gasteiger partial charge in [0.25, 0.3) is 5.91 Å². The molecular formula is C23H35NO4S. The zero-order valence-corrected chi connectivity index (χ0v) is 19.1. The second-order valence-electron chi connectivity index (χ2n) is 9.64. The number of Topliss-reactive ketones (excluding diaryl/α,β-unsaturated/α-hetero) is 1. The molecule has 162 valence electrons. The molecule has 0 bridgehead atoms. The summed E-state index contributed by atoms with van der Waals surface area (Å²) in [6.07, 6.45) is 3.50. The SMILES string of the molecule is CC(C)S(=O)(=O)CC1CCC(C(=O)Cc2ccc(C(=O)NC(C)(C)C)cc2)CC1. The highest BCUT2D eigenvalue weighted by Gasteiger charge is 2.30. The summed E-state index contributed by atoms with van der Waals surface area (Å²) in [5.41, 5.74) is 1.20. The highest BCUT2D eigenvalue weighted by atomic mass is 32.2. The summed E-state index contributed by atoms with van der Waals surface area (Å²) in [4.78, 5) is 24.9. The van der Waals surface area contributed by atoms with Gasteiger partial charge in [0.05, 0.1) is 11.0 Å². The van der Waals surface area contributed by atoms with Crippen LogP contribution in [0.15, 0.2) is 24.3 Å². The maximum atomic E-state index is 12.7. The lowest BCUT2D eigenvalue weighted by Gasteiger charge is -2.28. The topological polar surface area (TPSA) is 80.3 Å². The van der Waals surface area contributed by atoms with Crippen molar-refractivity contribution in [1.29, 1.82) is 0 Å². The van der Waals surface area contributed by atoms with E-state index < -0.39 is 9.84 Å². The van der Waals surface area contributed by atoms with Gasteiger partial charge in [0.1, 0.15) is 5.78 Å². The molecule has 1 saturated carbocycles. The predicted molar refractivity (Wildman–Crippen MR) is 117 cm³/mol. The van der Waals surface area contributed by atoms with Crippen LogP contribution in [0.4, 0.5) is 0 Å². The standard InChI is InChI=1S/C23H35NO4S/c1-16(2)29(27,28)15-18-8-10-19(11-9-18)21(25)14-17-6-12-20(13-7-17)22(26)24-23(3,4)5/h6-7,12-13,16,18-19H,8-11,14-15H2,1-5H3,(H,24,26). The maximum Gasteiger partial charge on any atom is 0.251 e. The summed E-state index contributed by atoms with van der Waals surface area (Å²) in [5, 5.41) is 2.59. The molecule has 0 unspecified atom stereocenters. The van der Waals surface area contributed by atoms with Gasteiger partial charge in [-0.2, -0.15) is 0 Å². The third-order valence-corrected chi connectivity index (χ3v) is 7.94. The fourth-order valence-electron chi connectivity index (χ4n) is 3.70. The van der Waals surface area contributed by atoms with Crippen molar-refractivity contribution in [2.24, 2.45) is 11.8 Å². The van der Waals surface area contributed by atoms with Crippen LogP contribution in [0.1, 0.15) is 76.2 Å². The first-order valence-electron chi connectivity index (χ1n) is 10.5. The molecule has 1 amide bonds. The first-order valence-corrected chi connectivity index (χ1v) is 12.2. The maximum absolute atomic E-state index is 12.7. The summed E-state index contributed by atoms with van der Waals surface area (Å²) in [7, 11) is -3.02. The molecule has 6 heteroatoms. The van der Waals surface area contributed by atoms with Gasteiger partial charge in [-0.05, 0) is 83.9 Å². The van der Waals surface area contributed by atoms with E-state index in [2.05, 4.69) is 5.32 Å². The monoisotopic (exact) mass is 421 g/mol. The van der Waals surface area contributed by atoms with Gasteiger partial charge in [-0.15, -0.1) is 0 Å². The van der Waals surface area contributed by atoms with Crippen molar-refractivity contribution in [2.45, 2.75) is 77.5 Å². The van der Waals surface area contributed by atoms with Gasteiger partial charge in [-0.25, -0.2) is 8.42 Å². The zero-order chi connectivity index (χ0) is 21.8. The Morgan fingerprint density at radius 3 is 2.07 bits per heavy atom. The van der Waals surface area contributed by atoms with E-state index in [1.54, 1.807) is 26.0 Å². The van der Waals surface area contributed by atoms with Crippen molar-refractivity contribution in [3.63, 3.8) is 0 Å². The first-order chi connectivity index (χ1) is 13.4. The molecule has 1 aliphatic carbocycles. The Bertz CT molecular complexity index is 811. The molecule has 0 radical (unpaired) electrons. The molecule has 0 saturated heterocycles. The largest absolute Gasteiger partial charge is 0.347 e. The minimum atomic E-state index is -3.02. The number of rotatable bonds is 7. The Kier molecular flexibility index (Phi) is 7.66. The van der Waals surface area contributed by atoms with Gasteiger partial charge in [0.15, 0.2) is 9.84 Å². The fourth-order valence-corrected chi connectivity index (χ4v) is 5.08. The third kappa shape index (κ3) is 7.25. The highest BCUT2D eigenvalue weighted by Crippen LogP contribution is 2.31. The predicted octanol–water partition coefficient (Wildman–Crippen LogP) is 3.96. The normalized spacial score (nSPS) is 20.5. The summed E-state index contributed by atoms with van der Waals surface area (Å²) < 4.78 is 24.2. The Morgan fingerprint density at radius 1 is 1.03 bits per heavy atom. The lowest BCUT2D eigenvalue weighted by Crippen LogP contribution is -2.40. The molecule has 5 nitrogen and oxygen atoms in total. The molecule has 29 heavy (non-hydrogen) atoms. The Labute approximate surface area is 175 Å². The molecule has 0 aromatic heterocycles. The van der Waals surface area contributed by atoms with E-state index in [0.29, 0.717) is 12.0 Å². The summed E-state index contributed by atoms with van der Waals surface area (Å²) >= 11 is 0. The minimum Gasteiger partial charge on any atom is -0.347 e. The van der Waals surface area contributed by atoms with Crippen LogP contribution < -0.4 is 5.32 Å². The summed E-state index contributed by atoms with van der Waals surface area (Å²) in [6, 6.07) is 7.21. The Hall–Kier alpha value is -1.69. The van der Waals surface area contributed by atoms with Crippen LogP contribution in [0.5, 0.6) is 0 Å². The van der Waals surface area contributed by atoms with Crippen LogP contribution in [-0.2, 0) is 21.1 Å². The van der Waals surface area contributed by atoms with Crippen LogP contribution >= 0.6 is 0 Å². The Morgan fingerprint density at radius 2 is 1.59 bits per heavy atom. The average Bonchev–Trinajstić information content (AvgIpc) is 2.61. The zero-order valence-electron chi connectivity index (χ0n) is 18.3. The van der Waals surface area contributed by atoms with Gasteiger partial charge in [-0.3, -0.25) is 9.59 Å². The second-order valence-corrected chi connectivity index (χ2v) is 12.2. The van der Waals surface area contributed by atoms with E-state index in [1.165, 1.54) is 0 Å². The molecule has 1 aliphatic rings. The number of carbonyl (C=O) groups is 2. The lowest BCUT2D eigenvalue weighted by atomic mass is 9.79. The van der Waals surface area contributed by atoms with Crippen molar-refractivity contribution in [1.82, 2.24) is 5.32 Å². The molecule has 1 aromatic rings. The quantitative estimate of drug-likeness (QED) is 0.723. The van der Waals surface area contributed by atoms with Crippen molar-refractivity contribution in [3.8, 4) is 0 Å². The molecule has 0 atom stereocenters. The van der Waals surface area contributed by atoms with Crippen molar-refractivity contribution in [2.75, 3.05) is 5.75 Å². The van der Waals surface area contributed by atoms with E-state index in [-0.39, 0.29) is 40.1 Å². The number of sulfone groups is 1. The minimum absolute atomic E-state index is 0.0110. The average molecular weight is 422 g/mol. The lowest BCUT2D eigenvalue weighted by molar-refractivity contribution is -0.123. The van der Waals surface area contributed by atoms with E-state index in [9.17, 15) is 18.0 Å². The van der Waals surface area contributed by atoms with E-state index in [1.807, 2.05) is 32.9 Å². The Balaban J connectivity index is 1.86.